The molecule has 3 rings (SSSR count). The first-order valence-corrected chi connectivity index (χ1v) is 13.3. The van der Waals surface area contributed by atoms with Crippen LogP contribution in [0.4, 0.5) is 26.3 Å². The van der Waals surface area contributed by atoms with Crippen molar-refractivity contribution < 1.29 is 35.9 Å². The van der Waals surface area contributed by atoms with Gasteiger partial charge in [-0.1, -0.05) is 74.0 Å². The van der Waals surface area contributed by atoms with E-state index in [-0.39, 0.29) is 18.4 Å². The minimum atomic E-state index is -5.11. The highest BCUT2D eigenvalue weighted by Crippen LogP contribution is 2.37. The topological polar surface area (TPSA) is 49.4 Å². The number of halogens is 6. The Hall–Kier alpha value is -3.82. The number of benzene rings is 3. The van der Waals surface area contributed by atoms with Crippen LogP contribution in [0.1, 0.15) is 71.1 Å². The highest BCUT2D eigenvalue weighted by atomic mass is 19.4. The zero-order valence-corrected chi connectivity index (χ0v) is 22.7. The standard InChI is InChI=1S/C31H32F6N2O2/c1-3-4-17-38-28(40)27(16-15-26(21-11-7-5-8-12-21)22-13-9-6-10-14-22)39(2)29(41)23-18-24(30(32,33)34)20-25(19-23)31(35,36)37/h5-14,18-20,26-27H,3-4,15-17H2,1-2H3,(H,38,40)/t27-/m0/s1. The maximum Gasteiger partial charge on any atom is 0.416 e. The monoisotopic (exact) mass is 578 g/mol. The summed E-state index contributed by atoms with van der Waals surface area (Å²) >= 11 is 0. The number of nitrogens with one attached hydrogen (secondary N) is 1. The molecule has 0 saturated carbocycles. The number of carbonyl (C=O) groups excluding carboxylic acids is 2. The average molecular weight is 579 g/mol. The molecule has 0 aliphatic carbocycles. The number of amides is 2. The Balaban J connectivity index is 1.97. The summed E-state index contributed by atoms with van der Waals surface area (Å²) in [6, 6.07) is 18.6. The third-order valence-corrected chi connectivity index (χ3v) is 6.89. The molecular weight excluding hydrogens is 546 g/mol. The van der Waals surface area contributed by atoms with Crippen LogP contribution in [0, 0.1) is 0 Å². The van der Waals surface area contributed by atoms with E-state index in [1.54, 1.807) is 0 Å². The molecular formula is C31H32F6N2O2. The van der Waals surface area contributed by atoms with Crippen molar-refractivity contribution in [2.75, 3.05) is 13.6 Å². The van der Waals surface area contributed by atoms with Gasteiger partial charge in [-0.3, -0.25) is 9.59 Å². The van der Waals surface area contributed by atoms with Gasteiger partial charge >= 0.3 is 12.4 Å². The first-order valence-electron chi connectivity index (χ1n) is 13.3. The molecule has 10 heteroatoms. The molecule has 0 spiro atoms. The molecule has 1 N–H and O–H groups in total. The van der Waals surface area contributed by atoms with Gasteiger partial charge < -0.3 is 10.2 Å². The van der Waals surface area contributed by atoms with Gasteiger partial charge in [0.05, 0.1) is 11.1 Å². The number of nitrogens with zero attached hydrogens (tertiary/aromatic N) is 1. The minimum absolute atomic E-state index is 0.0317. The summed E-state index contributed by atoms with van der Waals surface area (Å²) in [4.78, 5) is 27.6. The van der Waals surface area contributed by atoms with E-state index in [0.29, 0.717) is 31.5 Å². The van der Waals surface area contributed by atoms with E-state index in [1.807, 2.05) is 67.6 Å². The van der Waals surface area contributed by atoms with Crippen molar-refractivity contribution in [3.05, 3.63) is 107 Å². The van der Waals surface area contributed by atoms with Crippen LogP contribution in [0.15, 0.2) is 78.9 Å². The van der Waals surface area contributed by atoms with Gasteiger partial charge in [-0.2, -0.15) is 26.3 Å². The zero-order chi connectivity index (χ0) is 30.2. The van der Waals surface area contributed by atoms with Crippen LogP contribution < -0.4 is 5.32 Å². The third kappa shape index (κ3) is 8.58. The molecule has 1 atom stereocenters. The first-order chi connectivity index (χ1) is 19.3. The second-order valence-electron chi connectivity index (χ2n) is 9.82. The van der Waals surface area contributed by atoms with Gasteiger partial charge in [-0.25, -0.2) is 0 Å². The molecule has 0 aromatic heterocycles. The Morgan fingerprint density at radius 2 is 1.27 bits per heavy atom. The Labute approximate surface area is 235 Å². The lowest BCUT2D eigenvalue weighted by atomic mass is 9.86. The molecule has 0 unspecified atom stereocenters. The Kier molecular flexibility index (Phi) is 10.6. The van der Waals surface area contributed by atoms with E-state index in [1.165, 1.54) is 7.05 Å². The van der Waals surface area contributed by atoms with Gasteiger partial charge in [0.15, 0.2) is 0 Å². The molecule has 0 radical (unpaired) electrons. The molecule has 0 saturated heterocycles. The van der Waals surface area contributed by atoms with E-state index in [9.17, 15) is 35.9 Å². The Bertz CT molecular complexity index is 1220. The maximum atomic E-state index is 13.4. The van der Waals surface area contributed by atoms with Crippen molar-refractivity contribution in [2.45, 2.75) is 56.9 Å². The van der Waals surface area contributed by atoms with E-state index in [4.69, 9.17) is 0 Å². The van der Waals surface area contributed by atoms with Gasteiger partial charge in [0, 0.05) is 25.1 Å². The lowest BCUT2D eigenvalue weighted by molar-refractivity contribution is -0.143. The van der Waals surface area contributed by atoms with Crippen LogP contribution in [-0.4, -0.2) is 36.3 Å². The normalized spacial score (nSPS) is 12.7. The van der Waals surface area contributed by atoms with Crippen LogP contribution in [0.2, 0.25) is 0 Å². The fraction of sp³-hybridized carbons (Fsp3) is 0.355. The van der Waals surface area contributed by atoms with Crippen molar-refractivity contribution in [1.82, 2.24) is 10.2 Å². The molecule has 0 aliphatic heterocycles. The predicted molar refractivity (Wildman–Crippen MR) is 144 cm³/mol. The quantitative estimate of drug-likeness (QED) is 0.187. The van der Waals surface area contributed by atoms with E-state index >= 15 is 0 Å². The maximum absolute atomic E-state index is 13.4. The summed E-state index contributed by atoms with van der Waals surface area (Å²) in [5, 5.41) is 2.75. The van der Waals surface area contributed by atoms with Crippen LogP contribution in [0.3, 0.4) is 0 Å². The van der Waals surface area contributed by atoms with Crippen molar-refractivity contribution in [1.29, 1.82) is 0 Å². The summed E-state index contributed by atoms with van der Waals surface area (Å²) in [6.07, 6.45) is -8.27. The van der Waals surface area contributed by atoms with Crippen LogP contribution in [-0.2, 0) is 17.1 Å². The fourth-order valence-corrected chi connectivity index (χ4v) is 4.65. The molecule has 41 heavy (non-hydrogen) atoms. The van der Waals surface area contributed by atoms with Crippen molar-refractivity contribution in [2.24, 2.45) is 0 Å². The Morgan fingerprint density at radius 1 is 0.780 bits per heavy atom. The lowest BCUT2D eigenvalue weighted by Gasteiger charge is -2.29. The predicted octanol–water partition coefficient (Wildman–Crippen LogP) is 7.69. The second kappa shape index (κ2) is 13.7. The van der Waals surface area contributed by atoms with Crippen molar-refractivity contribution >= 4 is 11.8 Å². The highest BCUT2D eigenvalue weighted by Gasteiger charge is 2.38. The number of hydrogen-bond acceptors (Lipinski definition) is 2. The smallest absolute Gasteiger partial charge is 0.354 e. The molecule has 3 aromatic rings. The Morgan fingerprint density at radius 3 is 1.71 bits per heavy atom. The number of carbonyl (C=O) groups is 2. The average Bonchev–Trinajstić information content (AvgIpc) is 2.94. The van der Waals surface area contributed by atoms with E-state index < -0.39 is 46.9 Å². The summed E-state index contributed by atoms with van der Waals surface area (Å²) < 4.78 is 80.6. The van der Waals surface area contributed by atoms with E-state index in [0.717, 1.165) is 22.4 Å². The molecule has 0 heterocycles. The molecule has 0 aliphatic rings. The zero-order valence-electron chi connectivity index (χ0n) is 22.7. The SMILES string of the molecule is CCCCNC(=O)[C@H](CCC(c1ccccc1)c1ccccc1)N(C)C(=O)c1cc(C(F)(F)F)cc(C(F)(F)F)c1. The summed E-state index contributed by atoms with van der Waals surface area (Å²) in [7, 11) is 1.22. The van der Waals surface area contributed by atoms with Crippen LogP contribution in [0.5, 0.6) is 0 Å². The molecule has 2 amide bonds. The number of alkyl halides is 6. The number of rotatable bonds is 11. The largest absolute Gasteiger partial charge is 0.416 e. The van der Waals surface area contributed by atoms with Gasteiger partial charge in [-0.15, -0.1) is 0 Å². The van der Waals surface area contributed by atoms with Gasteiger partial charge in [0.25, 0.3) is 5.91 Å². The molecule has 0 fully saturated rings. The number of likely N-dealkylation sites (N-methyl/N-ethyl adjacent to an activating group) is 1. The summed E-state index contributed by atoms with van der Waals surface area (Å²) in [5.74, 6) is -1.82. The van der Waals surface area contributed by atoms with Crippen LogP contribution in [0.25, 0.3) is 0 Å². The van der Waals surface area contributed by atoms with Crippen molar-refractivity contribution in [3.63, 3.8) is 0 Å². The van der Waals surface area contributed by atoms with Gasteiger partial charge in [0.1, 0.15) is 6.04 Å². The molecule has 220 valence electrons. The number of unbranched alkanes of at least 4 members (excludes halogenated alkanes) is 1. The lowest BCUT2D eigenvalue weighted by Crippen LogP contribution is -2.48. The molecule has 3 aromatic carbocycles. The van der Waals surface area contributed by atoms with Gasteiger partial charge in [-0.05, 0) is 48.6 Å². The minimum Gasteiger partial charge on any atom is -0.354 e. The summed E-state index contributed by atoms with van der Waals surface area (Å²) in [5.41, 5.74) is -2.07. The summed E-state index contributed by atoms with van der Waals surface area (Å²) in [6.45, 7) is 2.24. The molecule has 0 bridgehead atoms. The van der Waals surface area contributed by atoms with Crippen molar-refractivity contribution in [3.8, 4) is 0 Å². The van der Waals surface area contributed by atoms with Gasteiger partial charge in [0.2, 0.25) is 5.91 Å². The fourth-order valence-electron chi connectivity index (χ4n) is 4.65. The second-order valence-corrected chi connectivity index (χ2v) is 9.82. The number of hydrogen-bond donors (Lipinski definition) is 1. The molecule has 4 nitrogen and oxygen atoms in total. The van der Waals surface area contributed by atoms with E-state index in [2.05, 4.69) is 5.32 Å². The highest BCUT2D eigenvalue weighted by molar-refractivity contribution is 5.97. The van der Waals surface area contributed by atoms with Crippen LogP contribution >= 0.6 is 0 Å². The third-order valence-electron chi connectivity index (χ3n) is 6.89. The first kappa shape index (κ1) is 31.7.